The van der Waals surface area contributed by atoms with Crippen molar-refractivity contribution in [3.05, 3.63) is 41.5 Å². The first-order valence-corrected chi connectivity index (χ1v) is 4.77. The van der Waals surface area contributed by atoms with Crippen LogP contribution in [0.25, 0.3) is 5.69 Å². The van der Waals surface area contributed by atoms with Crippen molar-refractivity contribution in [2.24, 2.45) is 0 Å². The van der Waals surface area contributed by atoms with Gasteiger partial charge in [-0.25, -0.2) is 17.9 Å². The van der Waals surface area contributed by atoms with Gasteiger partial charge in [0.15, 0.2) is 11.6 Å². The third-order valence-electron chi connectivity index (χ3n) is 1.89. The molecule has 3 nitrogen and oxygen atoms in total. The first-order valence-electron chi connectivity index (χ1n) is 4.24. The topological polar surface area (TPSA) is 30.7 Å². The van der Waals surface area contributed by atoms with Gasteiger partial charge in [0.05, 0.1) is 17.8 Å². The van der Waals surface area contributed by atoms with E-state index in [0.717, 1.165) is 4.68 Å². The summed E-state index contributed by atoms with van der Waals surface area (Å²) in [5, 5.41) is 7.06. The predicted molar refractivity (Wildman–Crippen MR) is 50.8 cm³/mol. The molecule has 0 saturated carbocycles. The molecule has 16 heavy (non-hydrogen) atoms. The SMILES string of the molecule is Fc1cc(F)c(-n2cc(CCl)nn2)c(F)c1. The minimum atomic E-state index is -1.05. The van der Waals surface area contributed by atoms with Gasteiger partial charge in [-0.05, 0) is 0 Å². The van der Waals surface area contributed by atoms with E-state index in [1.165, 1.54) is 6.20 Å². The van der Waals surface area contributed by atoms with Gasteiger partial charge in [-0.1, -0.05) is 5.21 Å². The Morgan fingerprint density at radius 2 is 1.81 bits per heavy atom. The summed E-state index contributed by atoms with van der Waals surface area (Å²) in [4.78, 5) is 0. The lowest BCUT2D eigenvalue weighted by atomic mass is 10.3. The maximum Gasteiger partial charge on any atom is 0.154 e. The summed E-state index contributed by atoms with van der Waals surface area (Å²) >= 11 is 5.47. The second-order valence-electron chi connectivity index (χ2n) is 3.01. The average molecular weight is 248 g/mol. The molecule has 0 bridgehead atoms. The fourth-order valence-corrected chi connectivity index (χ4v) is 1.34. The highest BCUT2D eigenvalue weighted by atomic mass is 35.5. The van der Waals surface area contributed by atoms with Crippen LogP contribution in [-0.2, 0) is 5.88 Å². The molecule has 0 saturated heterocycles. The molecule has 1 aromatic carbocycles. The van der Waals surface area contributed by atoms with Gasteiger partial charge < -0.3 is 0 Å². The molecule has 2 rings (SSSR count). The van der Waals surface area contributed by atoms with E-state index in [4.69, 9.17) is 11.6 Å². The van der Waals surface area contributed by atoms with E-state index in [-0.39, 0.29) is 5.88 Å². The van der Waals surface area contributed by atoms with Crippen LogP contribution in [0.5, 0.6) is 0 Å². The Morgan fingerprint density at radius 1 is 1.19 bits per heavy atom. The molecule has 0 N–H and O–H groups in total. The van der Waals surface area contributed by atoms with E-state index < -0.39 is 23.1 Å². The Labute approximate surface area is 93.4 Å². The molecular formula is C9H5ClF3N3. The lowest BCUT2D eigenvalue weighted by Crippen LogP contribution is -2.03. The molecule has 7 heteroatoms. The summed E-state index contributed by atoms with van der Waals surface area (Å²) in [5.41, 5.74) is -0.116. The first-order chi connectivity index (χ1) is 7.61. The smallest absolute Gasteiger partial charge is 0.154 e. The van der Waals surface area contributed by atoms with Crippen LogP contribution >= 0.6 is 11.6 Å². The van der Waals surface area contributed by atoms with Crippen molar-refractivity contribution in [3.63, 3.8) is 0 Å². The van der Waals surface area contributed by atoms with Crippen LogP contribution in [0.1, 0.15) is 5.69 Å². The fourth-order valence-electron chi connectivity index (χ4n) is 1.22. The normalized spacial score (nSPS) is 10.8. The third kappa shape index (κ3) is 1.88. The molecule has 1 heterocycles. The maximum atomic E-state index is 13.3. The number of halogens is 4. The summed E-state index contributed by atoms with van der Waals surface area (Å²) < 4.78 is 40.1. The Morgan fingerprint density at radius 3 is 2.31 bits per heavy atom. The average Bonchev–Trinajstić information content (AvgIpc) is 2.64. The van der Waals surface area contributed by atoms with Gasteiger partial charge in [0.25, 0.3) is 0 Å². The zero-order valence-corrected chi connectivity index (χ0v) is 8.55. The monoisotopic (exact) mass is 247 g/mol. The Hall–Kier alpha value is -1.56. The molecule has 84 valence electrons. The van der Waals surface area contributed by atoms with Crippen LogP contribution < -0.4 is 0 Å². The van der Waals surface area contributed by atoms with Gasteiger partial charge in [-0.2, -0.15) is 0 Å². The van der Waals surface area contributed by atoms with Gasteiger partial charge in [0, 0.05) is 12.1 Å². The molecule has 0 amide bonds. The lowest BCUT2D eigenvalue weighted by molar-refractivity contribution is 0.526. The summed E-state index contributed by atoms with van der Waals surface area (Å²) in [6.07, 6.45) is 1.27. The highest BCUT2D eigenvalue weighted by Gasteiger charge is 2.14. The molecule has 0 fully saturated rings. The number of hydrogen-bond donors (Lipinski definition) is 0. The third-order valence-corrected chi connectivity index (χ3v) is 2.16. The van der Waals surface area contributed by atoms with Crippen LogP contribution in [0.15, 0.2) is 18.3 Å². The fraction of sp³-hybridized carbons (Fsp3) is 0.111. The van der Waals surface area contributed by atoms with E-state index in [1.807, 2.05) is 0 Å². The second-order valence-corrected chi connectivity index (χ2v) is 3.27. The van der Waals surface area contributed by atoms with Crippen molar-refractivity contribution in [1.82, 2.24) is 15.0 Å². The van der Waals surface area contributed by atoms with Crippen molar-refractivity contribution in [2.75, 3.05) is 0 Å². The molecule has 0 aliphatic rings. The standard InChI is InChI=1S/C9H5ClF3N3/c10-3-6-4-16(15-14-6)9-7(12)1-5(11)2-8(9)13/h1-2,4H,3H2. The van der Waals surface area contributed by atoms with E-state index in [0.29, 0.717) is 17.8 Å². The van der Waals surface area contributed by atoms with Gasteiger partial charge in [0.1, 0.15) is 11.5 Å². The summed E-state index contributed by atoms with van der Waals surface area (Å²) in [7, 11) is 0. The molecular weight excluding hydrogens is 243 g/mol. The first kappa shape index (κ1) is 10.9. The van der Waals surface area contributed by atoms with Crippen LogP contribution in [0.2, 0.25) is 0 Å². The van der Waals surface area contributed by atoms with E-state index in [9.17, 15) is 13.2 Å². The van der Waals surface area contributed by atoms with Crippen molar-refractivity contribution < 1.29 is 13.2 Å². The number of alkyl halides is 1. The molecule has 0 spiro atoms. The van der Waals surface area contributed by atoms with E-state index >= 15 is 0 Å². The molecule has 0 unspecified atom stereocenters. The van der Waals surface area contributed by atoms with Gasteiger partial charge in [-0.3, -0.25) is 0 Å². The Kier molecular flexibility index (Phi) is 2.82. The van der Waals surface area contributed by atoms with Gasteiger partial charge >= 0.3 is 0 Å². The summed E-state index contributed by atoms with van der Waals surface area (Å²) in [6, 6.07) is 1.14. The quantitative estimate of drug-likeness (QED) is 0.763. The minimum Gasteiger partial charge on any atom is -0.214 e. The van der Waals surface area contributed by atoms with Crippen molar-refractivity contribution in [2.45, 2.75) is 5.88 Å². The van der Waals surface area contributed by atoms with Crippen molar-refractivity contribution in [1.29, 1.82) is 0 Å². The largest absolute Gasteiger partial charge is 0.214 e. The number of aromatic nitrogens is 3. The molecule has 0 atom stereocenters. The van der Waals surface area contributed by atoms with Crippen LogP contribution in [-0.4, -0.2) is 15.0 Å². The number of nitrogens with zero attached hydrogens (tertiary/aromatic N) is 3. The molecule has 0 aliphatic heterocycles. The Balaban J connectivity index is 2.55. The highest BCUT2D eigenvalue weighted by molar-refractivity contribution is 6.16. The molecule has 2 aromatic rings. The number of hydrogen-bond acceptors (Lipinski definition) is 2. The zero-order chi connectivity index (χ0) is 11.7. The minimum absolute atomic E-state index is 0.0738. The van der Waals surface area contributed by atoms with E-state index in [2.05, 4.69) is 10.3 Å². The summed E-state index contributed by atoms with van der Waals surface area (Å²) in [6.45, 7) is 0. The zero-order valence-electron chi connectivity index (χ0n) is 7.79. The van der Waals surface area contributed by atoms with Gasteiger partial charge in [0.2, 0.25) is 0 Å². The van der Waals surface area contributed by atoms with Gasteiger partial charge in [-0.15, -0.1) is 16.7 Å². The second kappa shape index (κ2) is 4.13. The van der Waals surface area contributed by atoms with Crippen LogP contribution in [0, 0.1) is 17.5 Å². The lowest BCUT2D eigenvalue weighted by Gasteiger charge is -2.03. The number of rotatable bonds is 2. The molecule has 0 aliphatic carbocycles. The Bertz CT molecular complexity index is 503. The highest BCUT2D eigenvalue weighted by Crippen LogP contribution is 2.18. The predicted octanol–water partition coefficient (Wildman–Crippen LogP) is 2.42. The number of benzene rings is 1. The summed E-state index contributed by atoms with van der Waals surface area (Å²) in [5.74, 6) is -3.02. The molecule has 1 aromatic heterocycles. The van der Waals surface area contributed by atoms with E-state index in [1.54, 1.807) is 0 Å². The van der Waals surface area contributed by atoms with Crippen LogP contribution in [0.3, 0.4) is 0 Å². The van der Waals surface area contributed by atoms with Crippen molar-refractivity contribution >= 4 is 11.6 Å². The van der Waals surface area contributed by atoms with Crippen molar-refractivity contribution in [3.8, 4) is 5.69 Å². The maximum absolute atomic E-state index is 13.3. The molecule has 0 radical (unpaired) electrons. The van der Waals surface area contributed by atoms with Crippen LogP contribution in [0.4, 0.5) is 13.2 Å².